The van der Waals surface area contributed by atoms with Crippen LogP contribution in [0.1, 0.15) is 24.5 Å². The number of benzene rings is 2. The van der Waals surface area contributed by atoms with Gasteiger partial charge in [-0.3, -0.25) is 4.79 Å². The summed E-state index contributed by atoms with van der Waals surface area (Å²) in [5, 5.41) is 9.23. The van der Waals surface area contributed by atoms with Crippen molar-refractivity contribution in [2.75, 3.05) is 25.1 Å². The number of hydrogen-bond donors (Lipinski definition) is 0. The quantitative estimate of drug-likeness (QED) is 0.291. The van der Waals surface area contributed by atoms with Crippen LogP contribution in [0.3, 0.4) is 0 Å². The van der Waals surface area contributed by atoms with E-state index in [0.717, 1.165) is 10.5 Å². The van der Waals surface area contributed by atoms with Crippen molar-refractivity contribution in [1.82, 2.24) is 4.98 Å². The van der Waals surface area contributed by atoms with Crippen LogP contribution in [0.25, 0.3) is 0 Å². The number of hydrogen-bond acceptors (Lipinski definition) is 7. The third-order valence-electron chi connectivity index (χ3n) is 4.84. The Balaban J connectivity index is 1.90. The number of ether oxygens (including phenoxy) is 3. The van der Waals surface area contributed by atoms with Crippen LogP contribution in [0.15, 0.2) is 48.5 Å². The maximum Gasteiger partial charge on any atom is 0.307 e. The molecule has 10 heteroatoms. The second-order valence-electron chi connectivity index (χ2n) is 7.31. The minimum absolute atomic E-state index is 0.113. The fourth-order valence-electron chi connectivity index (χ4n) is 3.11. The number of pyridine rings is 1. The number of halogens is 3. The van der Waals surface area contributed by atoms with Crippen molar-refractivity contribution in [3.63, 3.8) is 0 Å². The van der Waals surface area contributed by atoms with Crippen LogP contribution in [-0.2, 0) is 16.1 Å². The number of rotatable bonds is 10. The van der Waals surface area contributed by atoms with Gasteiger partial charge in [0.1, 0.15) is 12.3 Å². The number of carbonyl (C=O) groups is 1. The molecule has 1 heterocycles. The second-order valence-corrected chi connectivity index (χ2v) is 7.31. The van der Waals surface area contributed by atoms with Crippen molar-refractivity contribution in [2.45, 2.75) is 20.0 Å². The van der Waals surface area contributed by atoms with Gasteiger partial charge in [-0.2, -0.15) is 23.4 Å². The first-order valence-electron chi connectivity index (χ1n) is 10.6. The Morgan fingerprint density at radius 3 is 2.51 bits per heavy atom. The van der Waals surface area contributed by atoms with Crippen molar-refractivity contribution in [3.8, 4) is 23.4 Å². The predicted molar refractivity (Wildman–Crippen MR) is 121 cm³/mol. The smallest absolute Gasteiger partial charge is 0.307 e. The van der Waals surface area contributed by atoms with Crippen LogP contribution in [-0.4, -0.2) is 31.2 Å². The summed E-state index contributed by atoms with van der Waals surface area (Å²) in [6, 6.07) is 15.3. The lowest BCUT2D eigenvalue weighted by atomic mass is 10.2. The molecule has 0 spiro atoms. The molecular weight excluding hydrogens is 463 g/mol. The molecule has 1 aromatic heterocycles. The zero-order valence-corrected chi connectivity index (χ0v) is 19.1. The molecule has 0 saturated heterocycles. The van der Waals surface area contributed by atoms with Gasteiger partial charge in [0.25, 0.3) is 11.8 Å². The van der Waals surface area contributed by atoms with Crippen molar-refractivity contribution in [1.29, 1.82) is 5.26 Å². The Bertz CT molecular complexity index is 1230. The van der Waals surface area contributed by atoms with Gasteiger partial charge in [-0.15, -0.1) is 0 Å². The minimum Gasteiger partial charge on any atom is -0.485 e. The van der Waals surface area contributed by atoms with Crippen molar-refractivity contribution < 1.29 is 32.2 Å². The molecule has 0 radical (unpaired) electrons. The van der Waals surface area contributed by atoms with Crippen LogP contribution < -0.4 is 14.4 Å². The van der Waals surface area contributed by atoms with Crippen LogP contribution in [0.2, 0.25) is 0 Å². The van der Waals surface area contributed by atoms with Gasteiger partial charge in [0.2, 0.25) is 11.6 Å². The summed E-state index contributed by atoms with van der Waals surface area (Å²) in [4.78, 5) is 15.9. The average Bonchev–Trinajstić information content (AvgIpc) is 2.86. The average molecular weight is 485 g/mol. The van der Waals surface area contributed by atoms with E-state index < -0.39 is 35.1 Å². The number of anilines is 1. The summed E-state index contributed by atoms with van der Waals surface area (Å²) in [5.74, 6) is -5.82. The fourth-order valence-corrected chi connectivity index (χ4v) is 3.11. The number of esters is 1. The molecule has 0 unspecified atom stereocenters. The van der Waals surface area contributed by atoms with Gasteiger partial charge in [0.15, 0.2) is 11.5 Å². The molecular formula is C25H22F3N3O4. The molecule has 0 aliphatic rings. The maximum atomic E-state index is 15.2. The van der Waals surface area contributed by atoms with Gasteiger partial charge in [0.05, 0.1) is 24.7 Å². The summed E-state index contributed by atoms with van der Waals surface area (Å²) in [7, 11) is 1.29. The van der Waals surface area contributed by atoms with Crippen molar-refractivity contribution in [3.05, 3.63) is 77.2 Å². The van der Waals surface area contributed by atoms with Crippen molar-refractivity contribution >= 4 is 11.7 Å². The monoisotopic (exact) mass is 485 g/mol. The molecule has 0 bridgehead atoms. The highest BCUT2D eigenvalue weighted by atomic mass is 19.2. The SMILES string of the molecule is CCOC(=O)CCN(C)c1c(F)c(F)nc(Oc2cc(C#N)ccc2OCc2ccccc2)c1F. The van der Waals surface area contributed by atoms with E-state index in [9.17, 15) is 18.8 Å². The fraction of sp³-hybridized carbons (Fsp3) is 0.240. The van der Waals surface area contributed by atoms with Gasteiger partial charge < -0.3 is 19.1 Å². The molecule has 7 nitrogen and oxygen atoms in total. The van der Waals surface area contributed by atoms with Gasteiger partial charge in [-0.25, -0.2) is 0 Å². The number of nitrogens with zero attached hydrogens (tertiary/aromatic N) is 3. The summed E-state index contributed by atoms with van der Waals surface area (Å²) >= 11 is 0. The first-order chi connectivity index (χ1) is 16.8. The second kappa shape index (κ2) is 11.7. The van der Waals surface area contributed by atoms with Gasteiger partial charge in [-0.05, 0) is 24.6 Å². The highest BCUT2D eigenvalue weighted by Crippen LogP contribution is 2.37. The summed E-state index contributed by atoms with van der Waals surface area (Å²) < 4.78 is 60.0. The topological polar surface area (TPSA) is 84.7 Å². The number of aromatic nitrogens is 1. The van der Waals surface area contributed by atoms with Crippen LogP contribution in [0, 0.1) is 28.9 Å². The lowest BCUT2D eigenvalue weighted by Gasteiger charge is -2.21. The molecule has 0 fully saturated rings. The van der Waals surface area contributed by atoms with E-state index >= 15 is 4.39 Å². The van der Waals surface area contributed by atoms with Gasteiger partial charge in [0, 0.05) is 19.7 Å². The first kappa shape index (κ1) is 25.4. The zero-order valence-electron chi connectivity index (χ0n) is 19.1. The van der Waals surface area contributed by atoms with Gasteiger partial charge >= 0.3 is 5.97 Å². The third kappa shape index (κ3) is 6.41. The van der Waals surface area contributed by atoms with E-state index in [0.29, 0.717) is 0 Å². The zero-order chi connectivity index (χ0) is 25.4. The molecule has 0 amide bonds. The normalized spacial score (nSPS) is 10.4. The largest absolute Gasteiger partial charge is 0.485 e. The minimum atomic E-state index is -1.59. The highest BCUT2D eigenvalue weighted by molar-refractivity contribution is 5.70. The first-order valence-corrected chi connectivity index (χ1v) is 10.6. The molecule has 0 N–H and O–H groups in total. The van der Waals surface area contributed by atoms with E-state index in [4.69, 9.17) is 14.2 Å². The molecule has 2 aromatic carbocycles. The van der Waals surface area contributed by atoms with E-state index in [1.54, 1.807) is 6.92 Å². The molecule has 0 aliphatic heterocycles. The lowest BCUT2D eigenvalue weighted by Crippen LogP contribution is -2.25. The molecule has 3 rings (SSSR count). The number of carbonyl (C=O) groups excluding carboxylic acids is 1. The number of nitriles is 1. The summed E-state index contributed by atoms with van der Waals surface area (Å²) in [6.45, 7) is 1.77. The van der Waals surface area contributed by atoms with E-state index in [-0.39, 0.29) is 43.2 Å². The van der Waals surface area contributed by atoms with Crippen LogP contribution in [0.5, 0.6) is 17.4 Å². The molecule has 3 aromatic rings. The third-order valence-corrected chi connectivity index (χ3v) is 4.84. The molecule has 35 heavy (non-hydrogen) atoms. The Kier molecular flexibility index (Phi) is 8.51. The standard InChI is InChI=1S/C25H22F3N3O4/c1-3-33-20(32)11-12-31(2)23-21(26)24(28)30-25(22(23)27)35-19-13-17(14-29)9-10-18(19)34-15-16-7-5-4-6-8-16/h4-10,13H,3,11-12,15H2,1-2H3. The summed E-state index contributed by atoms with van der Waals surface area (Å²) in [5.41, 5.74) is 0.243. The molecule has 0 atom stereocenters. The molecule has 0 saturated carbocycles. The summed E-state index contributed by atoms with van der Waals surface area (Å²) in [6.07, 6.45) is -0.176. The maximum absolute atomic E-state index is 15.2. The van der Waals surface area contributed by atoms with Crippen LogP contribution in [0.4, 0.5) is 18.9 Å². The molecule has 0 aliphatic carbocycles. The highest BCUT2D eigenvalue weighted by Gasteiger charge is 2.26. The van der Waals surface area contributed by atoms with Crippen molar-refractivity contribution in [2.24, 2.45) is 0 Å². The molecule has 182 valence electrons. The van der Waals surface area contributed by atoms with E-state index in [1.807, 2.05) is 36.4 Å². The Morgan fingerprint density at radius 1 is 1.09 bits per heavy atom. The van der Waals surface area contributed by atoms with Gasteiger partial charge in [-0.1, -0.05) is 30.3 Å². The van der Waals surface area contributed by atoms with E-state index in [2.05, 4.69) is 4.98 Å². The Hall–Kier alpha value is -4.26. The predicted octanol–water partition coefficient (Wildman–Crippen LogP) is 5.13. The van der Waals surface area contributed by atoms with Crippen LogP contribution >= 0.6 is 0 Å². The Labute approximate surface area is 200 Å². The Morgan fingerprint density at radius 2 is 1.83 bits per heavy atom. The lowest BCUT2D eigenvalue weighted by molar-refractivity contribution is -0.142. The van der Waals surface area contributed by atoms with E-state index in [1.165, 1.54) is 25.2 Å².